The van der Waals surface area contributed by atoms with Gasteiger partial charge in [0.15, 0.2) is 0 Å². The highest BCUT2D eigenvalue weighted by Crippen LogP contribution is 2.15. The van der Waals surface area contributed by atoms with Crippen molar-refractivity contribution in [3.63, 3.8) is 0 Å². The number of rotatable bonds is 5. The van der Waals surface area contributed by atoms with Crippen molar-refractivity contribution >= 4 is 14.0 Å². The zero-order valence-corrected chi connectivity index (χ0v) is 12.6. The molecule has 0 fully saturated rings. The summed E-state index contributed by atoms with van der Waals surface area (Å²) in [6, 6.07) is 0. The first kappa shape index (κ1) is 15.4. The van der Waals surface area contributed by atoms with Crippen molar-refractivity contribution in [1.29, 1.82) is 0 Å². The lowest BCUT2D eigenvalue weighted by atomic mass is 9.97. The van der Waals surface area contributed by atoms with Crippen molar-refractivity contribution in [3.05, 3.63) is 11.8 Å². The summed E-state index contributed by atoms with van der Waals surface area (Å²) in [7, 11) is -1.06. The Morgan fingerprint density at radius 1 is 1.25 bits per heavy atom. The van der Waals surface area contributed by atoms with Gasteiger partial charge < -0.3 is 4.74 Å². The fourth-order valence-electron chi connectivity index (χ4n) is 1.02. The Labute approximate surface area is 101 Å². The van der Waals surface area contributed by atoms with E-state index in [0.717, 1.165) is 12.8 Å². The van der Waals surface area contributed by atoms with Crippen LogP contribution in [0.1, 0.15) is 33.6 Å². The van der Waals surface area contributed by atoms with Crippen LogP contribution in [0.5, 0.6) is 0 Å². The summed E-state index contributed by atoms with van der Waals surface area (Å²) in [6.45, 7) is 13.1. The summed E-state index contributed by atoms with van der Waals surface area (Å²) in [6.07, 6.45) is 4.14. The molecule has 0 radical (unpaired) electrons. The Kier molecular flexibility index (Phi) is 6.01. The summed E-state index contributed by atoms with van der Waals surface area (Å²) in [4.78, 5) is 11.4. The smallest absolute Gasteiger partial charge is 0.311 e. The molecule has 0 saturated carbocycles. The highest BCUT2D eigenvalue weighted by molar-refractivity contribution is 6.80. The van der Waals surface area contributed by atoms with E-state index in [0.29, 0.717) is 6.61 Å². The molecule has 0 aliphatic rings. The van der Waals surface area contributed by atoms with E-state index in [9.17, 15) is 4.79 Å². The summed E-state index contributed by atoms with van der Waals surface area (Å²) < 4.78 is 5.18. The van der Waals surface area contributed by atoms with Crippen molar-refractivity contribution in [1.82, 2.24) is 0 Å². The van der Waals surface area contributed by atoms with Gasteiger partial charge in [-0.3, -0.25) is 4.79 Å². The maximum atomic E-state index is 11.4. The topological polar surface area (TPSA) is 26.3 Å². The lowest BCUT2D eigenvalue weighted by Gasteiger charge is -2.16. The van der Waals surface area contributed by atoms with E-state index in [1.54, 1.807) is 0 Å². The largest absolute Gasteiger partial charge is 0.465 e. The lowest BCUT2D eigenvalue weighted by Crippen LogP contribution is -2.23. The molecular weight excluding hydrogens is 216 g/mol. The molecule has 2 nitrogen and oxygen atoms in total. The fraction of sp³-hybridized carbons (Fsp3) is 0.769. The van der Waals surface area contributed by atoms with E-state index in [4.69, 9.17) is 4.74 Å². The second-order valence-electron chi connectivity index (χ2n) is 6.30. The molecule has 0 amide bonds. The Bertz CT molecular complexity index is 244. The van der Waals surface area contributed by atoms with E-state index in [2.05, 4.69) is 31.4 Å². The van der Waals surface area contributed by atoms with Crippen molar-refractivity contribution < 1.29 is 9.53 Å². The molecule has 0 unspecified atom stereocenters. The van der Waals surface area contributed by atoms with Crippen LogP contribution in [-0.2, 0) is 9.53 Å². The van der Waals surface area contributed by atoms with Crippen molar-refractivity contribution in [2.75, 3.05) is 6.61 Å². The molecular formula is C13H26O2Si. The molecule has 3 heteroatoms. The molecule has 0 aromatic carbocycles. The average molecular weight is 242 g/mol. The number of carbonyl (C=O) groups is 1. The summed E-state index contributed by atoms with van der Waals surface area (Å²) in [5.74, 6) is -0.110. The van der Waals surface area contributed by atoms with E-state index in [-0.39, 0.29) is 11.4 Å². The zero-order chi connectivity index (χ0) is 12.8. The van der Waals surface area contributed by atoms with Crippen LogP contribution in [0.15, 0.2) is 11.8 Å². The zero-order valence-electron chi connectivity index (χ0n) is 11.6. The number of hydrogen-bond acceptors (Lipinski definition) is 2. The Hall–Kier alpha value is -0.573. The molecule has 0 aliphatic carbocycles. The lowest BCUT2D eigenvalue weighted by molar-refractivity contribution is -0.153. The van der Waals surface area contributed by atoms with Crippen LogP contribution in [0.25, 0.3) is 0 Å². The predicted molar refractivity (Wildman–Crippen MR) is 72.1 cm³/mol. The van der Waals surface area contributed by atoms with Gasteiger partial charge in [0, 0.05) is 0 Å². The van der Waals surface area contributed by atoms with Crippen molar-refractivity contribution in [2.24, 2.45) is 5.41 Å². The van der Waals surface area contributed by atoms with Crippen molar-refractivity contribution in [2.45, 2.75) is 53.3 Å². The molecule has 94 valence electrons. The molecule has 0 bridgehead atoms. The maximum absolute atomic E-state index is 11.4. The van der Waals surface area contributed by atoms with E-state index < -0.39 is 8.07 Å². The van der Waals surface area contributed by atoms with Gasteiger partial charge in [0.2, 0.25) is 0 Å². The molecule has 0 atom stereocenters. The molecule has 0 aromatic heterocycles. The Morgan fingerprint density at radius 3 is 2.25 bits per heavy atom. The quantitative estimate of drug-likeness (QED) is 0.416. The first-order valence-electron chi connectivity index (χ1n) is 5.98. The van der Waals surface area contributed by atoms with Crippen LogP contribution in [-0.4, -0.2) is 20.7 Å². The van der Waals surface area contributed by atoms with Crippen LogP contribution >= 0.6 is 0 Å². The minimum absolute atomic E-state index is 0.110. The number of carbonyl (C=O) groups excluding carboxylic acids is 1. The van der Waals surface area contributed by atoms with E-state index >= 15 is 0 Å². The third kappa shape index (κ3) is 8.71. The molecule has 0 aromatic rings. The second-order valence-corrected chi connectivity index (χ2v) is 11.4. The number of unbranched alkanes of at least 4 members (excludes halogenated alkanes) is 1. The minimum atomic E-state index is -1.06. The van der Waals surface area contributed by atoms with Crippen LogP contribution < -0.4 is 0 Å². The van der Waals surface area contributed by atoms with E-state index in [1.165, 1.54) is 0 Å². The van der Waals surface area contributed by atoms with Gasteiger partial charge in [-0.25, -0.2) is 0 Å². The van der Waals surface area contributed by atoms with Gasteiger partial charge in [0.05, 0.1) is 20.1 Å². The van der Waals surface area contributed by atoms with Gasteiger partial charge in [-0.15, -0.1) is 0 Å². The van der Waals surface area contributed by atoms with Crippen molar-refractivity contribution in [3.8, 4) is 0 Å². The standard InChI is InChI=1S/C13H26O2Si/c1-13(2,3)12(14)15-10-8-7-9-11-16(4,5)6/h9,11H,7-8,10H2,1-6H3/b11-9-. The number of hydrogen-bond donors (Lipinski definition) is 0. The second kappa shape index (κ2) is 6.23. The molecule has 0 heterocycles. The maximum Gasteiger partial charge on any atom is 0.311 e. The molecule has 0 N–H and O–H groups in total. The number of ether oxygens (including phenoxy) is 1. The highest BCUT2D eigenvalue weighted by atomic mass is 28.3. The highest BCUT2D eigenvalue weighted by Gasteiger charge is 2.22. The van der Waals surface area contributed by atoms with Gasteiger partial charge in [-0.1, -0.05) is 31.4 Å². The van der Waals surface area contributed by atoms with E-state index in [1.807, 2.05) is 20.8 Å². The van der Waals surface area contributed by atoms with Crippen LogP contribution in [0, 0.1) is 5.41 Å². The summed E-state index contributed by atoms with van der Waals surface area (Å²) >= 11 is 0. The predicted octanol–water partition coefficient (Wildman–Crippen LogP) is 3.79. The SMILES string of the molecule is CC(C)(C)C(=O)OCCC/C=C\[Si](C)(C)C. The molecule has 0 rings (SSSR count). The van der Waals surface area contributed by atoms with Gasteiger partial charge in [0.1, 0.15) is 0 Å². The van der Waals surface area contributed by atoms with Crippen LogP contribution in [0.2, 0.25) is 19.6 Å². The Balaban J connectivity index is 3.63. The molecule has 0 saturated heterocycles. The third-order valence-electron chi connectivity index (χ3n) is 1.98. The first-order valence-corrected chi connectivity index (χ1v) is 9.55. The monoisotopic (exact) mass is 242 g/mol. The number of esters is 1. The normalized spacial score (nSPS) is 13.1. The van der Waals surface area contributed by atoms with Crippen LogP contribution in [0.3, 0.4) is 0 Å². The average Bonchev–Trinajstić information content (AvgIpc) is 2.07. The number of allylic oxidation sites excluding steroid dienone is 1. The Morgan fingerprint density at radius 2 is 1.81 bits per heavy atom. The molecule has 0 aliphatic heterocycles. The summed E-state index contributed by atoms with van der Waals surface area (Å²) in [5, 5.41) is 0. The third-order valence-corrected chi connectivity index (χ3v) is 3.21. The molecule has 16 heavy (non-hydrogen) atoms. The molecule has 0 spiro atoms. The summed E-state index contributed by atoms with van der Waals surface area (Å²) in [5.41, 5.74) is 1.95. The van der Waals surface area contributed by atoms with Gasteiger partial charge >= 0.3 is 5.97 Å². The van der Waals surface area contributed by atoms with Gasteiger partial charge in [-0.05, 0) is 33.6 Å². The fourth-order valence-corrected chi connectivity index (χ4v) is 1.89. The first-order chi connectivity index (χ1) is 7.13. The minimum Gasteiger partial charge on any atom is -0.465 e. The van der Waals surface area contributed by atoms with Gasteiger partial charge in [0.25, 0.3) is 0 Å². The van der Waals surface area contributed by atoms with Gasteiger partial charge in [-0.2, -0.15) is 0 Å². The van der Waals surface area contributed by atoms with Crippen LogP contribution in [0.4, 0.5) is 0 Å².